The zero-order valence-electron chi connectivity index (χ0n) is 12.7. The van der Waals surface area contributed by atoms with Crippen molar-refractivity contribution < 1.29 is 18.4 Å². The lowest BCUT2D eigenvalue weighted by Gasteiger charge is -2.08. The second-order valence-electron chi connectivity index (χ2n) is 5.66. The Hall–Kier alpha value is -2.18. The van der Waals surface area contributed by atoms with E-state index in [1.165, 1.54) is 6.07 Å². The molecule has 2 atom stereocenters. The van der Waals surface area contributed by atoms with Gasteiger partial charge in [-0.1, -0.05) is 29.3 Å². The van der Waals surface area contributed by atoms with E-state index < -0.39 is 29.4 Å². The largest absolute Gasteiger partial charge is 0.326 e. The predicted molar refractivity (Wildman–Crippen MR) is 91.7 cm³/mol. The first-order chi connectivity index (χ1) is 11.9. The van der Waals surface area contributed by atoms with Crippen LogP contribution in [-0.4, -0.2) is 11.8 Å². The maximum absolute atomic E-state index is 13.2. The second kappa shape index (κ2) is 6.98. The van der Waals surface area contributed by atoms with E-state index in [0.717, 1.165) is 12.1 Å². The van der Waals surface area contributed by atoms with E-state index in [0.29, 0.717) is 17.1 Å². The van der Waals surface area contributed by atoms with E-state index >= 15 is 0 Å². The first kappa shape index (κ1) is 17.6. The van der Waals surface area contributed by atoms with Crippen LogP contribution >= 0.6 is 23.2 Å². The van der Waals surface area contributed by atoms with Gasteiger partial charge in [-0.05, 0) is 30.7 Å². The maximum Gasteiger partial charge on any atom is 0.228 e. The van der Waals surface area contributed by atoms with E-state index in [9.17, 15) is 18.4 Å². The normalized spacial score (nSPS) is 18.6. The fourth-order valence-electron chi connectivity index (χ4n) is 2.41. The molecule has 0 bridgehead atoms. The van der Waals surface area contributed by atoms with Gasteiger partial charge in [0.15, 0.2) is 11.6 Å². The molecule has 1 aliphatic rings. The van der Waals surface area contributed by atoms with Crippen molar-refractivity contribution in [3.63, 3.8) is 0 Å². The molecule has 2 aromatic rings. The summed E-state index contributed by atoms with van der Waals surface area (Å²) in [4.78, 5) is 24.3. The van der Waals surface area contributed by atoms with Gasteiger partial charge in [-0.3, -0.25) is 9.59 Å². The maximum atomic E-state index is 13.2. The van der Waals surface area contributed by atoms with Crippen LogP contribution in [-0.2, 0) is 9.59 Å². The molecule has 2 aromatic carbocycles. The summed E-state index contributed by atoms with van der Waals surface area (Å²) in [5, 5.41) is 5.63. The highest BCUT2D eigenvalue weighted by Crippen LogP contribution is 2.41. The molecule has 2 amide bonds. The molecule has 130 valence electrons. The Labute approximate surface area is 152 Å². The summed E-state index contributed by atoms with van der Waals surface area (Å²) in [5.41, 5.74) is 0.499. The van der Waals surface area contributed by atoms with Gasteiger partial charge in [0, 0.05) is 11.8 Å². The smallest absolute Gasteiger partial charge is 0.228 e. The molecule has 0 aliphatic heterocycles. The van der Waals surface area contributed by atoms with Gasteiger partial charge in [-0.15, -0.1) is 0 Å². The first-order valence-corrected chi connectivity index (χ1v) is 8.13. The number of carbonyl (C=O) groups is 2. The van der Waals surface area contributed by atoms with E-state index in [-0.39, 0.29) is 16.6 Å². The molecule has 4 nitrogen and oxygen atoms in total. The SMILES string of the molecule is O=C(Nc1ccc(F)c(F)c1)C1CC1C(=O)Nc1cccc(Cl)c1Cl. The number of hydrogen-bond acceptors (Lipinski definition) is 2. The number of carbonyl (C=O) groups excluding carboxylic acids is 2. The molecule has 0 heterocycles. The molecule has 3 rings (SSSR count). The molecule has 0 radical (unpaired) electrons. The number of halogens is 4. The van der Waals surface area contributed by atoms with Crippen LogP contribution < -0.4 is 10.6 Å². The van der Waals surface area contributed by atoms with E-state index in [1.54, 1.807) is 18.2 Å². The molecule has 2 unspecified atom stereocenters. The first-order valence-electron chi connectivity index (χ1n) is 7.37. The molecule has 25 heavy (non-hydrogen) atoms. The summed E-state index contributed by atoms with van der Waals surface area (Å²) >= 11 is 11.9. The Bertz CT molecular complexity index is 861. The fraction of sp³-hybridized carbons (Fsp3) is 0.176. The average molecular weight is 385 g/mol. The van der Waals surface area contributed by atoms with Gasteiger partial charge in [-0.25, -0.2) is 8.78 Å². The zero-order valence-corrected chi connectivity index (χ0v) is 14.2. The summed E-state index contributed by atoms with van der Waals surface area (Å²) in [7, 11) is 0. The minimum absolute atomic E-state index is 0.132. The van der Waals surface area contributed by atoms with Crippen LogP contribution in [0.15, 0.2) is 36.4 Å². The van der Waals surface area contributed by atoms with Gasteiger partial charge in [0.2, 0.25) is 11.8 Å². The Kier molecular flexibility index (Phi) is 4.92. The molecule has 8 heteroatoms. The fourth-order valence-corrected chi connectivity index (χ4v) is 2.76. The highest BCUT2D eigenvalue weighted by atomic mass is 35.5. The summed E-state index contributed by atoms with van der Waals surface area (Å²) in [6, 6.07) is 7.89. The van der Waals surface area contributed by atoms with Crippen molar-refractivity contribution in [1.29, 1.82) is 0 Å². The van der Waals surface area contributed by atoms with Crippen LogP contribution in [0.25, 0.3) is 0 Å². The van der Waals surface area contributed by atoms with Gasteiger partial charge in [0.1, 0.15) is 0 Å². The number of benzene rings is 2. The summed E-state index contributed by atoms with van der Waals surface area (Å²) in [5.74, 6) is -3.89. The minimum Gasteiger partial charge on any atom is -0.326 e. The molecule has 0 saturated heterocycles. The van der Waals surface area contributed by atoms with Crippen molar-refractivity contribution in [2.24, 2.45) is 11.8 Å². The third-order valence-electron chi connectivity index (χ3n) is 3.86. The third-order valence-corrected chi connectivity index (χ3v) is 4.68. The van der Waals surface area contributed by atoms with Crippen molar-refractivity contribution in [2.75, 3.05) is 10.6 Å². The molecule has 0 spiro atoms. The summed E-state index contributed by atoms with van der Waals surface area (Å²) < 4.78 is 26.0. The standard InChI is InChI=1S/C17H12Cl2F2N2O2/c18-11-2-1-3-14(15(11)19)23-17(25)10-7-9(10)16(24)22-8-4-5-12(20)13(21)6-8/h1-6,9-10H,7H2,(H,22,24)(H,23,25). The average Bonchev–Trinajstić information content (AvgIpc) is 3.36. The topological polar surface area (TPSA) is 58.2 Å². The van der Waals surface area contributed by atoms with Crippen LogP contribution in [0.2, 0.25) is 10.0 Å². The van der Waals surface area contributed by atoms with Crippen molar-refractivity contribution in [1.82, 2.24) is 0 Å². The number of hydrogen-bond donors (Lipinski definition) is 2. The number of rotatable bonds is 4. The van der Waals surface area contributed by atoms with Gasteiger partial charge in [0.25, 0.3) is 0 Å². The van der Waals surface area contributed by atoms with Crippen molar-refractivity contribution in [3.05, 3.63) is 58.1 Å². The minimum atomic E-state index is -1.06. The van der Waals surface area contributed by atoms with Gasteiger partial charge in [0.05, 0.1) is 27.6 Å². The van der Waals surface area contributed by atoms with E-state index in [2.05, 4.69) is 10.6 Å². The second-order valence-corrected chi connectivity index (χ2v) is 6.44. The van der Waals surface area contributed by atoms with Gasteiger partial charge < -0.3 is 10.6 Å². The Morgan fingerprint density at radius 3 is 2.32 bits per heavy atom. The van der Waals surface area contributed by atoms with E-state index in [1.807, 2.05) is 0 Å². The molecule has 2 N–H and O–H groups in total. The van der Waals surface area contributed by atoms with Crippen LogP contribution in [0, 0.1) is 23.5 Å². The molecule has 1 aliphatic carbocycles. The van der Waals surface area contributed by atoms with Crippen LogP contribution in [0.1, 0.15) is 6.42 Å². The van der Waals surface area contributed by atoms with Crippen molar-refractivity contribution in [2.45, 2.75) is 6.42 Å². The summed E-state index contributed by atoms with van der Waals surface area (Å²) in [6.07, 6.45) is 0.361. The van der Waals surface area contributed by atoms with Crippen molar-refractivity contribution in [3.8, 4) is 0 Å². The molecular formula is C17H12Cl2F2N2O2. The van der Waals surface area contributed by atoms with E-state index in [4.69, 9.17) is 23.2 Å². The monoisotopic (exact) mass is 384 g/mol. The van der Waals surface area contributed by atoms with Crippen LogP contribution in [0.4, 0.5) is 20.2 Å². The van der Waals surface area contributed by atoms with Crippen LogP contribution in [0.5, 0.6) is 0 Å². The lowest BCUT2D eigenvalue weighted by atomic mass is 10.2. The number of anilines is 2. The molecule has 1 fully saturated rings. The highest BCUT2D eigenvalue weighted by Gasteiger charge is 2.48. The predicted octanol–water partition coefficient (Wildman–Crippen LogP) is 4.48. The Morgan fingerprint density at radius 2 is 1.64 bits per heavy atom. The van der Waals surface area contributed by atoms with Crippen molar-refractivity contribution >= 4 is 46.4 Å². The van der Waals surface area contributed by atoms with Crippen LogP contribution in [0.3, 0.4) is 0 Å². The molecule has 0 aromatic heterocycles. The number of nitrogens with one attached hydrogen (secondary N) is 2. The lowest BCUT2D eigenvalue weighted by molar-refractivity contribution is -0.122. The van der Waals surface area contributed by atoms with Gasteiger partial charge in [-0.2, -0.15) is 0 Å². The highest BCUT2D eigenvalue weighted by molar-refractivity contribution is 6.44. The third kappa shape index (κ3) is 3.91. The van der Waals surface area contributed by atoms with Gasteiger partial charge >= 0.3 is 0 Å². The molecular weight excluding hydrogens is 373 g/mol. The Morgan fingerprint density at radius 1 is 0.960 bits per heavy atom. The molecule has 1 saturated carbocycles. The summed E-state index contributed by atoms with van der Waals surface area (Å²) in [6.45, 7) is 0. The number of amides is 2. The lowest BCUT2D eigenvalue weighted by Crippen LogP contribution is -2.20. The Balaban J connectivity index is 1.59. The zero-order chi connectivity index (χ0) is 18.1. The quantitative estimate of drug-likeness (QED) is 0.815.